The first-order chi connectivity index (χ1) is 13.3. The number of hydrogen-bond acceptors (Lipinski definition) is 3. The number of unbranched alkanes of at least 4 members (excludes halogenated alkanes) is 1. The van der Waals surface area contributed by atoms with Gasteiger partial charge in [-0.15, -0.1) is 0 Å². The molecule has 2 N–H and O–H groups in total. The molecular formula is C22H26N4O. The van der Waals surface area contributed by atoms with E-state index in [0.717, 1.165) is 43.7 Å². The van der Waals surface area contributed by atoms with Crippen LogP contribution in [0.3, 0.4) is 0 Å². The molecule has 140 valence electrons. The largest absolute Gasteiger partial charge is 0.352 e. The average Bonchev–Trinajstić information content (AvgIpc) is 3.24. The van der Waals surface area contributed by atoms with Gasteiger partial charge >= 0.3 is 0 Å². The van der Waals surface area contributed by atoms with Gasteiger partial charge < -0.3 is 15.2 Å². The standard InChI is InChI=1S/C22H26N4O/c1-2-3-12-25-22(27)20-8-4-18(5-9-20)15-24-16-19-6-10-21(11-7-19)26-14-13-23-17-26/h4-11,13-14,17,24H,2-3,12,15-16H2,1H3,(H,25,27). The van der Waals surface area contributed by atoms with Crippen molar-refractivity contribution in [3.63, 3.8) is 0 Å². The van der Waals surface area contributed by atoms with Gasteiger partial charge in [-0.05, 0) is 41.8 Å². The van der Waals surface area contributed by atoms with Crippen LogP contribution in [0, 0.1) is 0 Å². The van der Waals surface area contributed by atoms with Gasteiger partial charge in [0.25, 0.3) is 5.91 Å². The topological polar surface area (TPSA) is 59.0 Å². The lowest BCUT2D eigenvalue weighted by Gasteiger charge is -2.08. The molecule has 0 spiro atoms. The molecule has 0 saturated carbocycles. The summed E-state index contributed by atoms with van der Waals surface area (Å²) in [6.45, 7) is 4.41. The number of amides is 1. The molecular weight excluding hydrogens is 336 g/mol. The summed E-state index contributed by atoms with van der Waals surface area (Å²) in [6, 6.07) is 16.2. The molecule has 5 nitrogen and oxygen atoms in total. The minimum Gasteiger partial charge on any atom is -0.352 e. The quantitative estimate of drug-likeness (QED) is 0.571. The summed E-state index contributed by atoms with van der Waals surface area (Å²) in [6.07, 6.45) is 7.59. The molecule has 5 heteroatoms. The highest BCUT2D eigenvalue weighted by atomic mass is 16.1. The van der Waals surface area contributed by atoms with Gasteiger partial charge in [0.05, 0.1) is 6.33 Å². The predicted molar refractivity (Wildman–Crippen MR) is 108 cm³/mol. The van der Waals surface area contributed by atoms with Crippen molar-refractivity contribution in [2.24, 2.45) is 0 Å². The third-order valence-electron chi connectivity index (χ3n) is 4.43. The van der Waals surface area contributed by atoms with E-state index < -0.39 is 0 Å². The first-order valence-corrected chi connectivity index (χ1v) is 9.41. The van der Waals surface area contributed by atoms with Crippen LogP contribution in [0.4, 0.5) is 0 Å². The van der Waals surface area contributed by atoms with Crippen molar-refractivity contribution in [1.82, 2.24) is 20.2 Å². The van der Waals surface area contributed by atoms with E-state index in [9.17, 15) is 4.79 Å². The fourth-order valence-electron chi connectivity index (χ4n) is 2.80. The van der Waals surface area contributed by atoms with Gasteiger partial charge in [-0.3, -0.25) is 4.79 Å². The Morgan fingerprint density at radius 2 is 1.67 bits per heavy atom. The Hall–Kier alpha value is -2.92. The van der Waals surface area contributed by atoms with E-state index in [2.05, 4.69) is 46.8 Å². The Balaban J connectivity index is 1.45. The second-order valence-electron chi connectivity index (χ2n) is 6.55. The van der Waals surface area contributed by atoms with E-state index in [-0.39, 0.29) is 5.91 Å². The van der Waals surface area contributed by atoms with Gasteiger partial charge in [0.2, 0.25) is 0 Å². The summed E-state index contributed by atoms with van der Waals surface area (Å²) in [4.78, 5) is 16.1. The molecule has 0 unspecified atom stereocenters. The molecule has 0 fully saturated rings. The summed E-state index contributed by atoms with van der Waals surface area (Å²) in [5.74, 6) is 0.000871. The SMILES string of the molecule is CCCCNC(=O)c1ccc(CNCc2ccc(-n3ccnc3)cc2)cc1. The number of carbonyl (C=O) groups is 1. The number of imidazole rings is 1. The fourth-order valence-corrected chi connectivity index (χ4v) is 2.80. The van der Waals surface area contributed by atoms with Crippen molar-refractivity contribution in [3.8, 4) is 5.69 Å². The molecule has 0 atom stereocenters. The van der Waals surface area contributed by atoms with E-state index in [4.69, 9.17) is 0 Å². The first kappa shape index (κ1) is 18.9. The van der Waals surface area contributed by atoms with Gasteiger partial charge in [-0.1, -0.05) is 37.6 Å². The van der Waals surface area contributed by atoms with Crippen LogP contribution in [0.5, 0.6) is 0 Å². The highest BCUT2D eigenvalue weighted by Crippen LogP contribution is 2.10. The summed E-state index contributed by atoms with van der Waals surface area (Å²) >= 11 is 0. The van der Waals surface area contributed by atoms with E-state index >= 15 is 0 Å². The van der Waals surface area contributed by atoms with Gasteiger partial charge in [0.15, 0.2) is 0 Å². The van der Waals surface area contributed by atoms with Crippen LogP contribution in [0.15, 0.2) is 67.3 Å². The predicted octanol–water partition coefficient (Wildman–Crippen LogP) is 3.69. The van der Waals surface area contributed by atoms with Crippen LogP contribution in [0.1, 0.15) is 41.3 Å². The van der Waals surface area contributed by atoms with E-state index in [1.54, 1.807) is 12.5 Å². The third kappa shape index (κ3) is 5.53. The van der Waals surface area contributed by atoms with Crippen molar-refractivity contribution >= 4 is 5.91 Å². The molecule has 1 amide bonds. The summed E-state index contributed by atoms with van der Waals surface area (Å²) in [5.41, 5.74) is 4.20. The zero-order valence-corrected chi connectivity index (χ0v) is 15.7. The highest BCUT2D eigenvalue weighted by Gasteiger charge is 2.04. The second-order valence-corrected chi connectivity index (χ2v) is 6.55. The molecule has 1 heterocycles. The first-order valence-electron chi connectivity index (χ1n) is 9.41. The maximum Gasteiger partial charge on any atom is 0.251 e. The van der Waals surface area contributed by atoms with Crippen molar-refractivity contribution in [2.45, 2.75) is 32.9 Å². The van der Waals surface area contributed by atoms with E-state index in [0.29, 0.717) is 5.56 Å². The smallest absolute Gasteiger partial charge is 0.251 e. The van der Waals surface area contributed by atoms with Crippen LogP contribution in [0.25, 0.3) is 5.69 Å². The van der Waals surface area contributed by atoms with Crippen LogP contribution >= 0.6 is 0 Å². The molecule has 0 radical (unpaired) electrons. The molecule has 0 aliphatic heterocycles. The van der Waals surface area contributed by atoms with Crippen molar-refractivity contribution in [1.29, 1.82) is 0 Å². The molecule has 0 bridgehead atoms. The number of aromatic nitrogens is 2. The number of nitrogens with one attached hydrogen (secondary N) is 2. The van der Waals surface area contributed by atoms with Crippen molar-refractivity contribution < 1.29 is 4.79 Å². The number of hydrogen-bond donors (Lipinski definition) is 2. The Morgan fingerprint density at radius 1 is 1.00 bits per heavy atom. The maximum atomic E-state index is 12.0. The van der Waals surface area contributed by atoms with Crippen molar-refractivity contribution in [2.75, 3.05) is 6.54 Å². The molecule has 3 aromatic rings. The molecule has 3 rings (SSSR count). The van der Waals surface area contributed by atoms with Gasteiger partial charge in [0.1, 0.15) is 0 Å². The maximum absolute atomic E-state index is 12.0. The molecule has 2 aromatic carbocycles. The lowest BCUT2D eigenvalue weighted by atomic mass is 10.1. The lowest BCUT2D eigenvalue weighted by Crippen LogP contribution is -2.24. The fraction of sp³-hybridized carbons (Fsp3) is 0.273. The molecule has 0 saturated heterocycles. The zero-order valence-electron chi connectivity index (χ0n) is 15.7. The van der Waals surface area contributed by atoms with Gasteiger partial charge in [-0.2, -0.15) is 0 Å². The number of nitrogens with zero attached hydrogens (tertiary/aromatic N) is 2. The molecule has 27 heavy (non-hydrogen) atoms. The molecule has 0 aliphatic rings. The van der Waals surface area contributed by atoms with Crippen LogP contribution in [-0.4, -0.2) is 22.0 Å². The Labute approximate surface area is 160 Å². The average molecular weight is 362 g/mol. The summed E-state index contributed by atoms with van der Waals surface area (Å²) in [5, 5.41) is 6.38. The van der Waals surface area contributed by atoms with Crippen LogP contribution in [0.2, 0.25) is 0 Å². The number of benzene rings is 2. The van der Waals surface area contributed by atoms with Crippen LogP contribution in [-0.2, 0) is 13.1 Å². The minimum atomic E-state index is 0.000871. The second kappa shape index (κ2) is 9.69. The Kier molecular flexibility index (Phi) is 6.77. The number of rotatable bonds is 9. The van der Waals surface area contributed by atoms with Gasteiger partial charge in [0, 0.05) is 43.3 Å². The Morgan fingerprint density at radius 3 is 2.26 bits per heavy atom. The minimum absolute atomic E-state index is 0.000871. The Bertz CT molecular complexity index is 824. The monoisotopic (exact) mass is 362 g/mol. The number of carbonyl (C=O) groups excluding carboxylic acids is 1. The lowest BCUT2D eigenvalue weighted by molar-refractivity contribution is 0.0953. The highest BCUT2D eigenvalue weighted by molar-refractivity contribution is 5.94. The van der Waals surface area contributed by atoms with E-state index in [1.165, 1.54) is 5.56 Å². The third-order valence-corrected chi connectivity index (χ3v) is 4.43. The molecule has 0 aliphatic carbocycles. The zero-order chi connectivity index (χ0) is 18.9. The van der Waals surface area contributed by atoms with E-state index in [1.807, 2.05) is 35.0 Å². The van der Waals surface area contributed by atoms with Crippen LogP contribution < -0.4 is 10.6 Å². The molecule has 1 aromatic heterocycles. The summed E-state index contributed by atoms with van der Waals surface area (Å²) in [7, 11) is 0. The normalized spacial score (nSPS) is 10.7. The summed E-state index contributed by atoms with van der Waals surface area (Å²) < 4.78 is 1.98. The van der Waals surface area contributed by atoms with Gasteiger partial charge in [-0.25, -0.2) is 4.98 Å². The van der Waals surface area contributed by atoms with Crippen molar-refractivity contribution in [3.05, 3.63) is 83.9 Å².